The molecule has 0 saturated heterocycles. The number of ether oxygens (including phenoxy) is 1. The van der Waals surface area contributed by atoms with Crippen molar-refractivity contribution in [3.63, 3.8) is 0 Å². The summed E-state index contributed by atoms with van der Waals surface area (Å²) in [7, 11) is -4.09. The lowest BCUT2D eigenvalue weighted by Gasteiger charge is -2.07. The molecule has 7 nitrogen and oxygen atoms in total. The van der Waals surface area contributed by atoms with Crippen LogP contribution in [0, 0.1) is 0 Å². The average molecular weight is 441 g/mol. The van der Waals surface area contributed by atoms with Crippen LogP contribution in [0.25, 0.3) is 11.5 Å². The van der Waals surface area contributed by atoms with Crippen molar-refractivity contribution in [3.05, 3.63) is 83.1 Å². The normalized spacial score (nSPS) is 12.0. The first kappa shape index (κ1) is 22.5. The van der Waals surface area contributed by atoms with Crippen LogP contribution < -0.4 is 9.88 Å². The van der Waals surface area contributed by atoms with E-state index in [9.17, 15) is 13.2 Å². The molecule has 0 unspecified atom stereocenters. The van der Waals surface area contributed by atoms with Gasteiger partial charge in [-0.3, -0.25) is 4.79 Å². The molecule has 162 valence electrons. The number of rotatable bonds is 10. The molecule has 31 heavy (non-hydrogen) atoms. The minimum atomic E-state index is -4.09. The molecule has 0 spiro atoms. The Morgan fingerprint density at radius 3 is 2.48 bits per heavy atom. The lowest BCUT2D eigenvalue weighted by Crippen LogP contribution is -2.21. The Morgan fingerprint density at radius 2 is 1.84 bits per heavy atom. The second kappa shape index (κ2) is 10.2. The number of oxazole rings is 1. The van der Waals surface area contributed by atoms with Crippen molar-refractivity contribution >= 4 is 15.8 Å². The van der Waals surface area contributed by atoms with Crippen LogP contribution in [0.4, 0.5) is 0 Å². The van der Waals surface area contributed by atoms with E-state index < -0.39 is 15.8 Å². The molecule has 0 aliphatic carbocycles. The first-order valence-corrected chi connectivity index (χ1v) is 11.4. The van der Waals surface area contributed by atoms with E-state index in [0.29, 0.717) is 37.5 Å². The molecular formula is C23H24N2O5S. The highest BCUT2D eigenvalue weighted by atomic mass is 32.2. The van der Waals surface area contributed by atoms with Gasteiger partial charge in [0, 0.05) is 17.5 Å². The van der Waals surface area contributed by atoms with Gasteiger partial charge < -0.3 is 9.15 Å². The predicted octanol–water partition coefficient (Wildman–Crippen LogP) is 4.12. The topological polar surface area (TPSA) is 112 Å². The van der Waals surface area contributed by atoms with E-state index >= 15 is 0 Å². The molecule has 0 radical (unpaired) electrons. The maximum atomic E-state index is 12.5. The zero-order valence-electron chi connectivity index (χ0n) is 17.2. The zero-order chi connectivity index (χ0) is 22.3. The monoisotopic (exact) mass is 440 g/mol. The van der Waals surface area contributed by atoms with Crippen molar-refractivity contribution in [2.24, 2.45) is 5.14 Å². The number of Topliss-reactive ketones (excluding diaryl/α,β-unsaturated/α-hetero) is 1. The number of sulfonamides is 1. The van der Waals surface area contributed by atoms with Gasteiger partial charge in [0.25, 0.3) is 0 Å². The number of hydrogen-bond donors (Lipinski definition) is 1. The lowest BCUT2D eigenvalue weighted by molar-refractivity contribution is 0.104. The SMILES string of the molecule is CCC/C=C(/C(=O)c1ccc(OCCc2coc(-c3ccccc3)n2)cc1)S(N)(=O)=O. The molecule has 8 heteroatoms. The first-order valence-electron chi connectivity index (χ1n) is 9.89. The summed E-state index contributed by atoms with van der Waals surface area (Å²) >= 11 is 0. The Bertz CT molecular complexity index is 1150. The number of allylic oxidation sites excluding steroid dienone is 2. The molecule has 0 atom stereocenters. The summed E-state index contributed by atoms with van der Waals surface area (Å²) < 4.78 is 34.7. The molecule has 1 heterocycles. The van der Waals surface area contributed by atoms with Crippen molar-refractivity contribution < 1.29 is 22.4 Å². The summed E-state index contributed by atoms with van der Waals surface area (Å²) in [4.78, 5) is 16.6. The van der Waals surface area contributed by atoms with Crippen LogP contribution in [-0.2, 0) is 16.4 Å². The molecule has 2 N–H and O–H groups in total. The van der Waals surface area contributed by atoms with E-state index in [1.807, 2.05) is 37.3 Å². The first-order chi connectivity index (χ1) is 14.9. The Kier molecular flexibility index (Phi) is 7.38. The number of hydrogen-bond acceptors (Lipinski definition) is 6. The molecule has 0 aliphatic heterocycles. The van der Waals surface area contributed by atoms with Crippen molar-refractivity contribution in [1.82, 2.24) is 4.98 Å². The Hall–Kier alpha value is -3.23. The summed E-state index contributed by atoms with van der Waals surface area (Å²) in [5.41, 5.74) is 1.90. The molecule has 0 aliphatic rings. The number of nitrogens with zero attached hydrogens (tertiary/aromatic N) is 1. The smallest absolute Gasteiger partial charge is 0.241 e. The van der Waals surface area contributed by atoms with E-state index in [1.54, 1.807) is 18.4 Å². The van der Waals surface area contributed by atoms with Gasteiger partial charge in [0.15, 0.2) is 0 Å². The lowest BCUT2D eigenvalue weighted by atomic mass is 10.1. The van der Waals surface area contributed by atoms with Crippen LogP contribution in [-0.4, -0.2) is 25.8 Å². The van der Waals surface area contributed by atoms with Gasteiger partial charge in [0.2, 0.25) is 21.7 Å². The van der Waals surface area contributed by atoms with E-state index in [1.165, 1.54) is 18.2 Å². The predicted molar refractivity (Wildman–Crippen MR) is 118 cm³/mol. The maximum absolute atomic E-state index is 12.5. The quantitative estimate of drug-likeness (QED) is 0.375. The van der Waals surface area contributed by atoms with Crippen LogP contribution >= 0.6 is 0 Å². The summed E-state index contributed by atoms with van der Waals surface area (Å²) in [6, 6.07) is 15.9. The number of nitrogens with two attached hydrogens (primary N) is 1. The third-order valence-corrected chi connectivity index (χ3v) is 5.43. The van der Waals surface area contributed by atoms with Crippen LogP contribution in [0.5, 0.6) is 5.75 Å². The van der Waals surface area contributed by atoms with Gasteiger partial charge in [-0.15, -0.1) is 0 Å². The highest BCUT2D eigenvalue weighted by Gasteiger charge is 2.22. The summed E-state index contributed by atoms with van der Waals surface area (Å²) in [6.07, 6.45) is 4.67. The van der Waals surface area contributed by atoms with Gasteiger partial charge in [-0.25, -0.2) is 18.5 Å². The highest BCUT2D eigenvalue weighted by molar-refractivity contribution is 7.94. The summed E-state index contributed by atoms with van der Waals surface area (Å²) in [5.74, 6) is 0.483. The van der Waals surface area contributed by atoms with Crippen molar-refractivity contribution in [2.45, 2.75) is 26.2 Å². The van der Waals surface area contributed by atoms with Gasteiger partial charge in [-0.05, 0) is 42.8 Å². The number of benzene rings is 2. The molecule has 3 aromatic rings. The Morgan fingerprint density at radius 1 is 1.13 bits per heavy atom. The largest absolute Gasteiger partial charge is 0.493 e. The van der Waals surface area contributed by atoms with Gasteiger partial charge in [-0.2, -0.15) is 0 Å². The molecule has 3 rings (SSSR count). The third-order valence-electron chi connectivity index (χ3n) is 4.46. The van der Waals surface area contributed by atoms with Gasteiger partial charge in [0.05, 0.1) is 12.3 Å². The molecule has 0 saturated carbocycles. The fraction of sp³-hybridized carbons (Fsp3) is 0.217. The minimum Gasteiger partial charge on any atom is -0.493 e. The number of primary sulfonamides is 1. The van der Waals surface area contributed by atoms with Crippen molar-refractivity contribution in [2.75, 3.05) is 6.61 Å². The summed E-state index contributed by atoms with van der Waals surface area (Å²) in [6.45, 7) is 2.25. The molecule has 0 bridgehead atoms. The fourth-order valence-corrected chi connectivity index (χ4v) is 3.59. The minimum absolute atomic E-state index is 0.229. The number of aromatic nitrogens is 1. The zero-order valence-corrected chi connectivity index (χ0v) is 18.0. The molecule has 0 amide bonds. The standard InChI is InChI=1S/C23H24N2O5S/c1-2-3-9-21(31(24,27)28)22(26)17-10-12-20(13-11-17)29-15-14-19-16-30-23(25-19)18-7-5-4-6-8-18/h4-13,16H,2-3,14-15H2,1H3,(H2,24,27,28)/b21-9-. The van der Waals surface area contributed by atoms with E-state index in [0.717, 1.165) is 11.3 Å². The number of carbonyl (C=O) groups excluding carboxylic acids is 1. The van der Waals surface area contributed by atoms with Gasteiger partial charge in [-0.1, -0.05) is 37.6 Å². The second-order valence-corrected chi connectivity index (χ2v) is 8.39. The fourth-order valence-electron chi connectivity index (χ4n) is 2.87. The van der Waals surface area contributed by atoms with Gasteiger partial charge in [0.1, 0.15) is 16.9 Å². The van der Waals surface area contributed by atoms with Crippen LogP contribution in [0.1, 0.15) is 35.8 Å². The van der Waals surface area contributed by atoms with Crippen LogP contribution in [0.3, 0.4) is 0 Å². The van der Waals surface area contributed by atoms with Crippen LogP contribution in [0.2, 0.25) is 0 Å². The van der Waals surface area contributed by atoms with E-state index in [2.05, 4.69) is 4.98 Å². The van der Waals surface area contributed by atoms with Crippen molar-refractivity contribution in [1.29, 1.82) is 0 Å². The van der Waals surface area contributed by atoms with Crippen molar-refractivity contribution in [3.8, 4) is 17.2 Å². The Balaban J connectivity index is 1.58. The highest BCUT2D eigenvalue weighted by Crippen LogP contribution is 2.20. The maximum Gasteiger partial charge on any atom is 0.241 e. The van der Waals surface area contributed by atoms with Crippen LogP contribution in [0.15, 0.2) is 76.3 Å². The summed E-state index contributed by atoms with van der Waals surface area (Å²) in [5, 5.41) is 5.19. The van der Waals surface area contributed by atoms with E-state index in [4.69, 9.17) is 14.3 Å². The number of unbranched alkanes of at least 4 members (excludes halogenated alkanes) is 1. The number of carbonyl (C=O) groups is 1. The molecule has 2 aromatic carbocycles. The number of ketones is 1. The molecule has 0 fully saturated rings. The van der Waals surface area contributed by atoms with E-state index in [-0.39, 0.29) is 10.5 Å². The average Bonchev–Trinajstić information content (AvgIpc) is 3.23. The Labute approximate surface area is 181 Å². The molecule has 1 aromatic heterocycles. The third kappa shape index (κ3) is 6.13. The van der Waals surface area contributed by atoms with Gasteiger partial charge >= 0.3 is 0 Å². The molecular weight excluding hydrogens is 416 g/mol. The second-order valence-electron chi connectivity index (χ2n) is 6.86.